The summed E-state index contributed by atoms with van der Waals surface area (Å²) >= 11 is 0. The summed E-state index contributed by atoms with van der Waals surface area (Å²) in [5.41, 5.74) is 0. The van der Waals surface area contributed by atoms with Crippen LogP contribution in [0.25, 0.3) is 0 Å². The molecule has 1 aromatic rings. The quantitative estimate of drug-likeness (QED) is 0.790. The fourth-order valence-corrected chi connectivity index (χ4v) is 1.50. The van der Waals surface area contributed by atoms with Gasteiger partial charge in [0.25, 0.3) is 0 Å². The van der Waals surface area contributed by atoms with Gasteiger partial charge in [0.2, 0.25) is 11.8 Å². The van der Waals surface area contributed by atoms with Crippen molar-refractivity contribution in [1.82, 2.24) is 15.6 Å². The van der Waals surface area contributed by atoms with E-state index >= 15 is 0 Å². The molecule has 96 valence electrons. The van der Waals surface area contributed by atoms with E-state index in [-0.39, 0.29) is 18.0 Å². The first-order valence-corrected chi connectivity index (χ1v) is 6.00. The van der Waals surface area contributed by atoms with E-state index in [1.165, 1.54) is 0 Å². The molecule has 17 heavy (non-hydrogen) atoms. The minimum atomic E-state index is -0.260. The molecule has 0 aliphatic carbocycles. The number of carbonyl (C=O) groups excluding carboxylic acids is 1. The van der Waals surface area contributed by atoms with Gasteiger partial charge in [-0.15, -0.1) is 0 Å². The maximum absolute atomic E-state index is 11.6. The lowest BCUT2D eigenvalue weighted by molar-refractivity contribution is -0.122. The van der Waals surface area contributed by atoms with Crippen LogP contribution < -0.4 is 10.6 Å². The van der Waals surface area contributed by atoms with Gasteiger partial charge in [-0.2, -0.15) is 0 Å². The Morgan fingerprint density at radius 3 is 2.76 bits per heavy atom. The van der Waals surface area contributed by atoms with Crippen LogP contribution >= 0.6 is 0 Å². The Labute approximate surface area is 102 Å². The molecule has 0 saturated carbocycles. The first kappa shape index (κ1) is 13.7. The highest BCUT2D eigenvalue weighted by Crippen LogP contribution is 2.12. The molecule has 0 spiro atoms. The molecule has 1 rings (SSSR count). The van der Waals surface area contributed by atoms with Gasteiger partial charge in [0.05, 0.1) is 18.3 Å². The molecule has 2 unspecified atom stereocenters. The zero-order chi connectivity index (χ0) is 12.8. The molecule has 5 heteroatoms. The van der Waals surface area contributed by atoms with E-state index in [0.717, 1.165) is 12.2 Å². The number of aryl methyl sites for hydroxylation is 1. The first-order chi connectivity index (χ1) is 8.04. The highest BCUT2D eigenvalue weighted by atomic mass is 16.4. The monoisotopic (exact) mass is 239 g/mol. The topological polar surface area (TPSA) is 67.2 Å². The number of carbonyl (C=O) groups is 1. The summed E-state index contributed by atoms with van der Waals surface area (Å²) in [5, 5.41) is 5.99. The van der Waals surface area contributed by atoms with Crippen molar-refractivity contribution in [3.8, 4) is 0 Å². The Bertz CT molecular complexity index is 362. The van der Waals surface area contributed by atoms with Crippen LogP contribution in [0.5, 0.6) is 0 Å². The predicted molar refractivity (Wildman–Crippen MR) is 65.6 cm³/mol. The van der Waals surface area contributed by atoms with Crippen molar-refractivity contribution in [1.29, 1.82) is 0 Å². The lowest BCUT2D eigenvalue weighted by Gasteiger charge is -2.17. The molecule has 0 bridgehead atoms. The summed E-state index contributed by atoms with van der Waals surface area (Å²) < 4.78 is 5.40. The third-order valence-electron chi connectivity index (χ3n) is 2.45. The summed E-state index contributed by atoms with van der Waals surface area (Å²) in [4.78, 5) is 15.8. The molecule has 2 atom stereocenters. The second kappa shape index (κ2) is 6.39. The number of nitrogens with zero attached hydrogens (tertiary/aromatic N) is 1. The number of rotatable bonds is 6. The number of aromatic nitrogens is 1. The molecule has 0 saturated heterocycles. The van der Waals surface area contributed by atoms with Crippen LogP contribution in [0.15, 0.2) is 10.6 Å². The van der Waals surface area contributed by atoms with Gasteiger partial charge in [0.15, 0.2) is 0 Å². The highest BCUT2D eigenvalue weighted by Gasteiger charge is 2.18. The van der Waals surface area contributed by atoms with Crippen molar-refractivity contribution in [3.05, 3.63) is 17.8 Å². The zero-order valence-electron chi connectivity index (χ0n) is 10.9. The Hall–Kier alpha value is -1.36. The van der Waals surface area contributed by atoms with Gasteiger partial charge in [-0.3, -0.25) is 10.1 Å². The lowest BCUT2D eigenvalue weighted by atomic mass is 10.2. The minimum absolute atomic E-state index is 0.00183. The Morgan fingerprint density at radius 2 is 2.24 bits per heavy atom. The molecular weight excluding hydrogens is 218 g/mol. The van der Waals surface area contributed by atoms with Crippen LogP contribution in [0, 0.1) is 6.92 Å². The lowest BCUT2D eigenvalue weighted by Crippen LogP contribution is -2.43. The number of hydrogen-bond acceptors (Lipinski definition) is 4. The van der Waals surface area contributed by atoms with E-state index in [1.54, 1.807) is 6.20 Å². The van der Waals surface area contributed by atoms with Gasteiger partial charge in [0, 0.05) is 6.54 Å². The van der Waals surface area contributed by atoms with Crippen molar-refractivity contribution in [2.45, 2.75) is 46.2 Å². The second-order valence-electron chi connectivity index (χ2n) is 4.21. The molecule has 1 aromatic heterocycles. The standard InChI is InChI=1S/C12H21N3O2/c1-5-6-13-11(16)9(3)15-10(4)12-14-7-8(2)17-12/h7,9-10,15H,5-6H2,1-4H3,(H,13,16). The maximum atomic E-state index is 11.6. The average Bonchev–Trinajstić information content (AvgIpc) is 2.72. The molecule has 0 aliphatic rings. The zero-order valence-corrected chi connectivity index (χ0v) is 10.9. The molecule has 1 heterocycles. The van der Waals surface area contributed by atoms with Gasteiger partial charge < -0.3 is 9.73 Å². The van der Waals surface area contributed by atoms with Crippen LogP contribution in [-0.2, 0) is 4.79 Å². The number of oxazole rings is 1. The molecule has 1 amide bonds. The van der Waals surface area contributed by atoms with Crippen molar-refractivity contribution in [2.24, 2.45) is 0 Å². The highest BCUT2D eigenvalue weighted by molar-refractivity contribution is 5.81. The minimum Gasteiger partial charge on any atom is -0.444 e. The molecule has 5 nitrogen and oxygen atoms in total. The largest absolute Gasteiger partial charge is 0.444 e. The summed E-state index contributed by atoms with van der Waals surface area (Å²) in [6.45, 7) is 8.33. The van der Waals surface area contributed by atoms with Crippen molar-refractivity contribution in [3.63, 3.8) is 0 Å². The molecule has 2 N–H and O–H groups in total. The molecule has 0 fully saturated rings. The Kier molecular flexibility index (Phi) is 5.15. The number of hydrogen-bond donors (Lipinski definition) is 2. The Morgan fingerprint density at radius 1 is 1.53 bits per heavy atom. The second-order valence-corrected chi connectivity index (χ2v) is 4.21. The van der Waals surface area contributed by atoms with Gasteiger partial charge in [-0.1, -0.05) is 6.92 Å². The summed E-state index contributed by atoms with van der Waals surface area (Å²) in [6, 6.07) is -0.338. The van der Waals surface area contributed by atoms with Gasteiger partial charge >= 0.3 is 0 Å². The van der Waals surface area contributed by atoms with E-state index in [2.05, 4.69) is 15.6 Å². The van der Waals surface area contributed by atoms with E-state index in [1.807, 2.05) is 27.7 Å². The van der Waals surface area contributed by atoms with E-state index < -0.39 is 0 Å². The van der Waals surface area contributed by atoms with Crippen LogP contribution in [0.3, 0.4) is 0 Å². The SMILES string of the molecule is CCCNC(=O)C(C)NC(C)c1ncc(C)o1. The van der Waals surface area contributed by atoms with Crippen LogP contribution in [0.1, 0.15) is 44.9 Å². The number of amides is 1. The number of nitrogens with one attached hydrogen (secondary N) is 2. The fourth-order valence-electron chi connectivity index (χ4n) is 1.50. The van der Waals surface area contributed by atoms with E-state index in [4.69, 9.17) is 4.42 Å². The van der Waals surface area contributed by atoms with E-state index in [9.17, 15) is 4.79 Å². The molecule has 0 aliphatic heterocycles. The van der Waals surface area contributed by atoms with Crippen molar-refractivity contribution >= 4 is 5.91 Å². The maximum Gasteiger partial charge on any atom is 0.236 e. The van der Waals surface area contributed by atoms with Crippen molar-refractivity contribution < 1.29 is 9.21 Å². The molecule has 0 aromatic carbocycles. The van der Waals surface area contributed by atoms with Crippen LogP contribution in [0.2, 0.25) is 0 Å². The smallest absolute Gasteiger partial charge is 0.236 e. The summed E-state index contributed by atoms with van der Waals surface area (Å²) in [5.74, 6) is 1.39. The molecule has 0 radical (unpaired) electrons. The average molecular weight is 239 g/mol. The normalized spacial score (nSPS) is 14.4. The first-order valence-electron chi connectivity index (χ1n) is 6.00. The predicted octanol–water partition coefficient (Wildman–Crippen LogP) is 1.55. The summed E-state index contributed by atoms with van der Waals surface area (Å²) in [7, 11) is 0. The third kappa shape index (κ3) is 4.19. The summed E-state index contributed by atoms with van der Waals surface area (Å²) in [6.07, 6.45) is 2.61. The third-order valence-corrected chi connectivity index (χ3v) is 2.45. The van der Waals surface area contributed by atoms with Crippen LogP contribution in [-0.4, -0.2) is 23.5 Å². The molecular formula is C12H21N3O2. The Balaban J connectivity index is 2.45. The van der Waals surface area contributed by atoms with Gasteiger partial charge in [-0.25, -0.2) is 4.98 Å². The van der Waals surface area contributed by atoms with Gasteiger partial charge in [0.1, 0.15) is 5.76 Å². The van der Waals surface area contributed by atoms with Crippen LogP contribution in [0.4, 0.5) is 0 Å². The van der Waals surface area contributed by atoms with Crippen molar-refractivity contribution in [2.75, 3.05) is 6.54 Å². The van der Waals surface area contributed by atoms with Gasteiger partial charge in [-0.05, 0) is 27.2 Å². The van der Waals surface area contributed by atoms with E-state index in [0.29, 0.717) is 12.4 Å². The fraction of sp³-hybridized carbons (Fsp3) is 0.667.